The summed E-state index contributed by atoms with van der Waals surface area (Å²) >= 11 is 0. The van der Waals surface area contributed by atoms with Gasteiger partial charge in [0, 0.05) is 25.8 Å². The van der Waals surface area contributed by atoms with Crippen molar-refractivity contribution in [2.24, 2.45) is 0 Å². The quantitative estimate of drug-likeness (QED) is 0.845. The van der Waals surface area contributed by atoms with Gasteiger partial charge in [0.2, 0.25) is 0 Å². The van der Waals surface area contributed by atoms with E-state index >= 15 is 0 Å². The van der Waals surface area contributed by atoms with Gasteiger partial charge in [0.25, 0.3) is 0 Å². The second-order valence-electron chi connectivity index (χ2n) is 4.66. The molecule has 0 radical (unpaired) electrons. The van der Waals surface area contributed by atoms with Crippen LogP contribution in [-0.4, -0.2) is 34.0 Å². The summed E-state index contributed by atoms with van der Waals surface area (Å²) in [7, 11) is 0. The largest absolute Gasteiger partial charge is 0.381 e. The predicted octanol–water partition coefficient (Wildman–Crippen LogP) is 1.52. The average Bonchev–Trinajstić information content (AvgIpc) is 2.79. The maximum Gasteiger partial charge on any atom is 0.149 e. The zero-order valence-electron chi connectivity index (χ0n) is 10.7. The SMILES string of the molecule is CCCn1cnnc1C(C)NC1CCOCC1. The van der Waals surface area contributed by atoms with E-state index in [4.69, 9.17) is 4.74 Å². The molecule has 1 aromatic heterocycles. The molecule has 17 heavy (non-hydrogen) atoms. The van der Waals surface area contributed by atoms with Gasteiger partial charge in [-0.05, 0) is 26.2 Å². The first-order chi connectivity index (χ1) is 8.31. The molecule has 0 spiro atoms. The minimum atomic E-state index is 0.257. The predicted molar refractivity (Wildman–Crippen MR) is 65.7 cm³/mol. The van der Waals surface area contributed by atoms with E-state index in [2.05, 4.69) is 33.9 Å². The maximum absolute atomic E-state index is 5.36. The molecule has 1 aliphatic heterocycles. The Morgan fingerprint density at radius 2 is 2.29 bits per heavy atom. The molecule has 1 aliphatic rings. The lowest BCUT2D eigenvalue weighted by Gasteiger charge is -2.26. The minimum Gasteiger partial charge on any atom is -0.381 e. The van der Waals surface area contributed by atoms with Crippen molar-refractivity contribution in [2.45, 2.75) is 51.7 Å². The fourth-order valence-corrected chi connectivity index (χ4v) is 2.30. The number of nitrogens with one attached hydrogen (secondary N) is 1. The van der Waals surface area contributed by atoms with Gasteiger partial charge in [0.15, 0.2) is 0 Å². The molecule has 1 N–H and O–H groups in total. The topological polar surface area (TPSA) is 52.0 Å². The Morgan fingerprint density at radius 1 is 1.53 bits per heavy atom. The summed E-state index contributed by atoms with van der Waals surface area (Å²) in [5.74, 6) is 1.04. The molecule has 1 fully saturated rings. The van der Waals surface area contributed by atoms with Gasteiger partial charge in [-0.25, -0.2) is 0 Å². The first-order valence-corrected chi connectivity index (χ1v) is 6.52. The summed E-state index contributed by atoms with van der Waals surface area (Å²) in [5.41, 5.74) is 0. The highest BCUT2D eigenvalue weighted by molar-refractivity contribution is 4.94. The lowest BCUT2D eigenvalue weighted by atomic mass is 10.1. The molecule has 96 valence electrons. The van der Waals surface area contributed by atoms with Crippen molar-refractivity contribution in [3.05, 3.63) is 12.2 Å². The summed E-state index contributed by atoms with van der Waals surface area (Å²) in [6.45, 7) is 7.05. The number of rotatable bonds is 5. The highest BCUT2D eigenvalue weighted by atomic mass is 16.5. The summed E-state index contributed by atoms with van der Waals surface area (Å²) < 4.78 is 7.50. The molecule has 0 bridgehead atoms. The van der Waals surface area contributed by atoms with Crippen molar-refractivity contribution in [1.82, 2.24) is 20.1 Å². The molecule has 0 aromatic carbocycles. The average molecular weight is 238 g/mol. The molecule has 0 saturated carbocycles. The number of nitrogens with zero attached hydrogens (tertiary/aromatic N) is 3. The number of aromatic nitrogens is 3. The molecule has 1 saturated heterocycles. The Kier molecular flexibility index (Phi) is 4.50. The van der Waals surface area contributed by atoms with E-state index in [0.717, 1.165) is 44.8 Å². The van der Waals surface area contributed by atoms with E-state index in [1.807, 2.05) is 6.33 Å². The van der Waals surface area contributed by atoms with Gasteiger partial charge in [-0.1, -0.05) is 6.92 Å². The summed E-state index contributed by atoms with van der Waals surface area (Å²) in [4.78, 5) is 0. The summed E-state index contributed by atoms with van der Waals surface area (Å²) in [6.07, 6.45) is 5.11. The van der Waals surface area contributed by atoms with Crippen molar-refractivity contribution in [3.8, 4) is 0 Å². The third kappa shape index (κ3) is 3.26. The van der Waals surface area contributed by atoms with Crippen LogP contribution in [0.1, 0.15) is 45.0 Å². The normalized spacial score (nSPS) is 19.4. The third-order valence-electron chi connectivity index (χ3n) is 3.20. The lowest BCUT2D eigenvalue weighted by molar-refractivity contribution is 0.0750. The van der Waals surface area contributed by atoms with Crippen molar-refractivity contribution in [2.75, 3.05) is 13.2 Å². The van der Waals surface area contributed by atoms with Crippen LogP contribution in [0.15, 0.2) is 6.33 Å². The van der Waals surface area contributed by atoms with Crippen molar-refractivity contribution >= 4 is 0 Å². The Bertz CT molecular complexity index is 333. The van der Waals surface area contributed by atoms with Gasteiger partial charge in [-0.2, -0.15) is 0 Å². The van der Waals surface area contributed by atoms with Crippen LogP contribution >= 0.6 is 0 Å². The second kappa shape index (κ2) is 6.12. The van der Waals surface area contributed by atoms with Gasteiger partial charge < -0.3 is 14.6 Å². The van der Waals surface area contributed by atoms with E-state index in [9.17, 15) is 0 Å². The van der Waals surface area contributed by atoms with Crippen molar-refractivity contribution in [3.63, 3.8) is 0 Å². The minimum absolute atomic E-state index is 0.257. The van der Waals surface area contributed by atoms with E-state index in [1.165, 1.54) is 0 Å². The molecule has 1 unspecified atom stereocenters. The Morgan fingerprint density at radius 3 is 3.00 bits per heavy atom. The molecule has 1 atom stereocenters. The molecular weight excluding hydrogens is 216 g/mol. The van der Waals surface area contributed by atoms with Crippen LogP contribution in [0.4, 0.5) is 0 Å². The standard InChI is InChI=1S/C12H22N4O/c1-3-6-16-9-13-15-12(16)10(2)14-11-4-7-17-8-5-11/h9-11,14H,3-8H2,1-2H3. The number of aryl methyl sites for hydroxylation is 1. The van der Waals surface area contributed by atoms with E-state index in [0.29, 0.717) is 6.04 Å². The monoisotopic (exact) mass is 238 g/mol. The fraction of sp³-hybridized carbons (Fsp3) is 0.833. The maximum atomic E-state index is 5.36. The fourth-order valence-electron chi connectivity index (χ4n) is 2.30. The molecule has 0 amide bonds. The number of hydrogen-bond acceptors (Lipinski definition) is 4. The smallest absolute Gasteiger partial charge is 0.149 e. The lowest BCUT2D eigenvalue weighted by Crippen LogP contribution is -2.37. The first kappa shape index (κ1) is 12.5. The van der Waals surface area contributed by atoms with E-state index in [1.54, 1.807) is 0 Å². The molecule has 5 nitrogen and oxygen atoms in total. The van der Waals surface area contributed by atoms with Gasteiger partial charge in [-0.3, -0.25) is 0 Å². The molecule has 2 rings (SSSR count). The van der Waals surface area contributed by atoms with Crippen LogP contribution in [0.5, 0.6) is 0 Å². The Labute approximate surface area is 103 Å². The third-order valence-corrected chi connectivity index (χ3v) is 3.20. The van der Waals surface area contributed by atoms with Crippen LogP contribution in [-0.2, 0) is 11.3 Å². The van der Waals surface area contributed by atoms with Gasteiger partial charge in [-0.15, -0.1) is 10.2 Å². The molecular formula is C12H22N4O. The van der Waals surface area contributed by atoms with Crippen molar-refractivity contribution < 1.29 is 4.74 Å². The highest BCUT2D eigenvalue weighted by Crippen LogP contribution is 2.14. The number of ether oxygens (including phenoxy) is 1. The van der Waals surface area contributed by atoms with Crippen LogP contribution < -0.4 is 5.32 Å². The van der Waals surface area contributed by atoms with E-state index < -0.39 is 0 Å². The molecule has 2 heterocycles. The zero-order chi connectivity index (χ0) is 12.1. The van der Waals surface area contributed by atoms with Gasteiger partial charge in [0.1, 0.15) is 12.2 Å². The summed E-state index contributed by atoms with van der Waals surface area (Å²) in [6, 6.07) is 0.803. The molecule has 0 aliphatic carbocycles. The molecule has 1 aromatic rings. The number of hydrogen-bond donors (Lipinski definition) is 1. The Hall–Kier alpha value is -0.940. The van der Waals surface area contributed by atoms with Crippen molar-refractivity contribution in [1.29, 1.82) is 0 Å². The zero-order valence-corrected chi connectivity index (χ0v) is 10.7. The first-order valence-electron chi connectivity index (χ1n) is 6.52. The second-order valence-corrected chi connectivity index (χ2v) is 4.66. The summed E-state index contributed by atoms with van der Waals surface area (Å²) in [5, 5.41) is 11.8. The van der Waals surface area contributed by atoms with Crippen LogP contribution in [0.3, 0.4) is 0 Å². The Balaban J connectivity index is 1.93. The van der Waals surface area contributed by atoms with E-state index in [-0.39, 0.29) is 6.04 Å². The van der Waals surface area contributed by atoms with Crippen LogP contribution in [0.25, 0.3) is 0 Å². The highest BCUT2D eigenvalue weighted by Gasteiger charge is 2.19. The van der Waals surface area contributed by atoms with Gasteiger partial charge in [0.05, 0.1) is 6.04 Å². The van der Waals surface area contributed by atoms with Crippen LogP contribution in [0.2, 0.25) is 0 Å². The van der Waals surface area contributed by atoms with Crippen LogP contribution in [0, 0.1) is 0 Å². The van der Waals surface area contributed by atoms with Gasteiger partial charge >= 0.3 is 0 Å². The molecule has 5 heteroatoms.